The summed E-state index contributed by atoms with van der Waals surface area (Å²) in [6.07, 6.45) is 0.426. The summed E-state index contributed by atoms with van der Waals surface area (Å²) in [6.45, 7) is 5.98. The summed E-state index contributed by atoms with van der Waals surface area (Å²) >= 11 is 1.10. The van der Waals surface area contributed by atoms with Crippen LogP contribution in [0.3, 0.4) is 0 Å². The lowest BCUT2D eigenvalue weighted by atomic mass is 9.89. The lowest BCUT2D eigenvalue weighted by Gasteiger charge is -2.16. The van der Waals surface area contributed by atoms with Gasteiger partial charge in [0, 0.05) is 11.3 Å². The number of benzene rings is 1. The highest BCUT2D eigenvalue weighted by Gasteiger charge is 2.18. The van der Waals surface area contributed by atoms with Gasteiger partial charge in [0.05, 0.1) is 13.5 Å². The molecule has 104 valence electrons. The van der Waals surface area contributed by atoms with Gasteiger partial charge in [-0.25, -0.2) is 0 Å². The van der Waals surface area contributed by atoms with E-state index in [1.807, 2.05) is 32.9 Å². The van der Waals surface area contributed by atoms with Gasteiger partial charge in [0.2, 0.25) is 5.12 Å². The monoisotopic (exact) mass is 280 g/mol. The predicted octanol–water partition coefficient (Wildman–Crippen LogP) is 3.71. The summed E-state index contributed by atoms with van der Waals surface area (Å²) in [6, 6.07) is 7.23. The van der Waals surface area contributed by atoms with Crippen LogP contribution in [0.2, 0.25) is 0 Å². The van der Waals surface area contributed by atoms with Crippen molar-refractivity contribution in [3.05, 3.63) is 24.3 Å². The van der Waals surface area contributed by atoms with Crippen molar-refractivity contribution in [2.24, 2.45) is 5.41 Å². The molecule has 0 bridgehead atoms. The lowest BCUT2D eigenvalue weighted by molar-refractivity contribution is -0.124. The molecule has 19 heavy (non-hydrogen) atoms. The van der Waals surface area contributed by atoms with Gasteiger partial charge in [-0.1, -0.05) is 32.5 Å². The first-order chi connectivity index (χ1) is 8.80. The minimum Gasteiger partial charge on any atom is -0.497 e. The Kier molecular flexibility index (Phi) is 5.60. The van der Waals surface area contributed by atoms with Crippen molar-refractivity contribution in [3.8, 4) is 5.75 Å². The Balaban J connectivity index is 2.48. The summed E-state index contributed by atoms with van der Waals surface area (Å²) in [5, 5.41) is -0.112. The summed E-state index contributed by atoms with van der Waals surface area (Å²) < 4.78 is 5.05. The van der Waals surface area contributed by atoms with Crippen molar-refractivity contribution in [3.63, 3.8) is 0 Å². The molecule has 0 radical (unpaired) electrons. The zero-order valence-corrected chi connectivity index (χ0v) is 12.7. The van der Waals surface area contributed by atoms with Gasteiger partial charge in [-0.3, -0.25) is 9.59 Å². The van der Waals surface area contributed by atoms with E-state index >= 15 is 0 Å². The first-order valence-corrected chi connectivity index (χ1v) is 6.98. The molecule has 0 aliphatic rings. The summed E-state index contributed by atoms with van der Waals surface area (Å²) in [4.78, 5) is 24.3. The molecular formula is C15H20O3S. The lowest BCUT2D eigenvalue weighted by Crippen LogP contribution is -2.14. The largest absolute Gasteiger partial charge is 0.497 e. The minimum absolute atomic E-state index is 0.00138. The standard InChI is InChI=1S/C15H20O3S/c1-15(2,3)10-11(16)9-14(17)19-13-7-5-12(18-4)6-8-13/h5-8H,9-10H2,1-4H3. The molecular weight excluding hydrogens is 260 g/mol. The van der Waals surface area contributed by atoms with E-state index in [0.717, 1.165) is 22.4 Å². The van der Waals surface area contributed by atoms with E-state index < -0.39 is 0 Å². The molecule has 0 fully saturated rings. The predicted molar refractivity (Wildman–Crippen MR) is 77.6 cm³/mol. The number of carbonyl (C=O) groups is 2. The molecule has 0 aliphatic carbocycles. The van der Waals surface area contributed by atoms with Gasteiger partial charge in [0.25, 0.3) is 0 Å². The van der Waals surface area contributed by atoms with Crippen LogP contribution in [0, 0.1) is 5.41 Å². The molecule has 0 saturated carbocycles. The van der Waals surface area contributed by atoms with E-state index in [1.165, 1.54) is 0 Å². The second kappa shape index (κ2) is 6.75. The topological polar surface area (TPSA) is 43.4 Å². The molecule has 0 amide bonds. The van der Waals surface area contributed by atoms with Crippen LogP contribution in [-0.2, 0) is 9.59 Å². The SMILES string of the molecule is COc1ccc(SC(=O)CC(=O)CC(C)(C)C)cc1. The molecule has 3 nitrogen and oxygen atoms in total. The fraction of sp³-hybridized carbons (Fsp3) is 0.467. The second-order valence-corrected chi connectivity index (χ2v) is 6.73. The zero-order valence-electron chi connectivity index (χ0n) is 11.9. The summed E-state index contributed by atoms with van der Waals surface area (Å²) in [5.41, 5.74) is -0.0673. The molecule has 0 aliphatic heterocycles. The van der Waals surface area contributed by atoms with Crippen LogP contribution < -0.4 is 4.74 Å². The highest BCUT2D eigenvalue weighted by Crippen LogP contribution is 2.25. The third kappa shape index (κ3) is 6.43. The highest BCUT2D eigenvalue weighted by atomic mass is 32.2. The fourth-order valence-electron chi connectivity index (χ4n) is 1.63. The quantitative estimate of drug-likeness (QED) is 0.609. The number of methoxy groups -OCH3 is 1. The molecule has 0 unspecified atom stereocenters. The maximum atomic E-state index is 11.8. The number of ether oxygens (including phenoxy) is 1. The van der Waals surface area contributed by atoms with Crippen molar-refractivity contribution in [1.29, 1.82) is 0 Å². The Hall–Kier alpha value is -1.29. The molecule has 1 rings (SSSR count). The Morgan fingerprint density at radius 1 is 1.16 bits per heavy atom. The van der Waals surface area contributed by atoms with E-state index in [1.54, 1.807) is 19.2 Å². The smallest absolute Gasteiger partial charge is 0.201 e. The van der Waals surface area contributed by atoms with Crippen LogP contribution in [0.25, 0.3) is 0 Å². The molecule has 1 aromatic carbocycles. The number of thioether (sulfide) groups is 1. The number of rotatable bonds is 5. The van der Waals surface area contributed by atoms with Gasteiger partial charge in [0.1, 0.15) is 11.5 Å². The number of hydrogen-bond donors (Lipinski definition) is 0. The second-order valence-electron chi connectivity index (χ2n) is 5.60. The minimum atomic E-state index is -0.112. The van der Waals surface area contributed by atoms with Crippen molar-refractivity contribution in [2.75, 3.05) is 7.11 Å². The van der Waals surface area contributed by atoms with Crippen LogP contribution in [0.15, 0.2) is 29.2 Å². The van der Waals surface area contributed by atoms with Crippen LogP contribution >= 0.6 is 11.8 Å². The van der Waals surface area contributed by atoms with E-state index in [9.17, 15) is 9.59 Å². The number of ketones is 1. The molecule has 0 aromatic heterocycles. The summed E-state index contributed by atoms with van der Waals surface area (Å²) in [5.74, 6) is 0.749. The molecule has 4 heteroatoms. The third-order valence-electron chi connectivity index (χ3n) is 2.36. The molecule has 0 N–H and O–H groups in total. The van der Waals surface area contributed by atoms with Crippen LogP contribution in [-0.4, -0.2) is 18.0 Å². The average molecular weight is 280 g/mol. The molecule has 0 atom stereocenters. The molecule has 0 heterocycles. The van der Waals surface area contributed by atoms with Crippen molar-refractivity contribution < 1.29 is 14.3 Å². The van der Waals surface area contributed by atoms with Crippen LogP contribution in [0.5, 0.6) is 5.75 Å². The zero-order chi connectivity index (χ0) is 14.5. The first kappa shape index (κ1) is 15.8. The van der Waals surface area contributed by atoms with Gasteiger partial charge in [-0.2, -0.15) is 0 Å². The Bertz CT molecular complexity index is 443. The maximum absolute atomic E-state index is 11.8. The number of Topliss-reactive ketones (excluding diaryl/α,β-unsaturated/α-hetero) is 1. The first-order valence-electron chi connectivity index (χ1n) is 6.16. The van der Waals surface area contributed by atoms with E-state index in [-0.39, 0.29) is 22.7 Å². The maximum Gasteiger partial charge on any atom is 0.201 e. The molecule has 1 aromatic rings. The van der Waals surface area contributed by atoms with E-state index in [2.05, 4.69) is 0 Å². The van der Waals surface area contributed by atoms with Crippen molar-refractivity contribution in [2.45, 2.75) is 38.5 Å². The van der Waals surface area contributed by atoms with Crippen molar-refractivity contribution in [1.82, 2.24) is 0 Å². The van der Waals surface area contributed by atoms with Gasteiger partial charge >= 0.3 is 0 Å². The number of hydrogen-bond acceptors (Lipinski definition) is 4. The summed E-state index contributed by atoms with van der Waals surface area (Å²) in [7, 11) is 1.60. The number of carbonyl (C=O) groups excluding carboxylic acids is 2. The van der Waals surface area contributed by atoms with Crippen LogP contribution in [0.1, 0.15) is 33.6 Å². The Morgan fingerprint density at radius 3 is 2.21 bits per heavy atom. The van der Waals surface area contributed by atoms with Gasteiger partial charge < -0.3 is 4.74 Å². The van der Waals surface area contributed by atoms with E-state index in [0.29, 0.717) is 6.42 Å². The molecule has 0 spiro atoms. The van der Waals surface area contributed by atoms with Gasteiger partial charge in [-0.15, -0.1) is 0 Å². The molecule has 0 saturated heterocycles. The third-order valence-corrected chi connectivity index (χ3v) is 3.24. The average Bonchev–Trinajstić information content (AvgIpc) is 2.27. The normalized spacial score (nSPS) is 11.2. The Labute approximate surface area is 118 Å². The van der Waals surface area contributed by atoms with Gasteiger partial charge in [0.15, 0.2) is 0 Å². The fourth-order valence-corrected chi connectivity index (χ4v) is 2.39. The van der Waals surface area contributed by atoms with Crippen LogP contribution in [0.4, 0.5) is 0 Å². The van der Waals surface area contributed by atoms with Gasteiger partial charge in [-0.05, 0) is 29.7 Å². The highest BCUT2D eigenvalue weighted by molar-refractivity contribution is 8.13. The van der Waals surface area contributed by atoms with E-state index in [4.69, 9.17) is 4.74 Å². The van der Waals surface area contributed by atoms with Crippen molar-refractivity contribution >= 4 is 22.7 Å². The Morgan fingerprint density at radius 2 is 1.74 bits per heavy atom.